The predicted molar refractivity (Wildman–Crippen MR) is 111 cm³/mol. The minimum atomic E-state index is 0.139. The minimum absolute atomic E-state index is 0.139. The van der Waals surface area contributed by atoms with E-state index in [0.717, 1.165) is 79.8 Å². The number of furan rings is 1. The van der Waals surface area contributed by atoms with Crippen molar-refractivity contribution in [1.82, 2.24) is 4.90 Å². The molecule has 1 aromatic heterocycles. The van der Waals surface area contributed by atoms with Gasteiger partial charge in [0.15, 0.2) is 0 Å². The van der Waals surface area contributed by atoms with Gasteiger partial charge in [-0.15, -0.1) is 0 Å². The number of fused-ring (bicyclic) bond motifs is 1. The SMILES string of the molecule is O=C(Nc1ccc(-c2cc3c(o2)CCN(C(=O)C2CCC2)C3)cc1)C1CCCC1. The van der Waals surface area contributed by atoms with Crippen LogP contribution in [0.15, 0.2) is 34.7 Å². The lowest BCUT2D eigenvalue weighted by atomic mass is 9.84. The summed E-state index contributed by atoms with van der Waals surface area (Å²) in [6.07, 6.45) is 8.37. The van der Waals surface area contributed by atoms with Gasteiger partial charge in [0.25, 0.3) is 0 Å². The quantitative estimate of drug-likeness (QED) is 0.816. The van der Waals surface area contributed by atoms with Crippen LogP contribution in [0.3, 0.4) is 0 Å². The van der Waals surface area contributed by atoms with Gasteiger partial charge in [-0.25, -0.2) is 0 Å². The molecule has 0 unspecified atom stereocenters. The van der Waals surface area contributed by atoms with E-state index in [0.29, 0.717) is 12.5 Å². The number of nitrogens with one attached hydrogen (secondary N) is 1. The number of carbonyl (C=O) groups excluding carboxylic acids is 2. The van der Waals surface area contributed by atoms with Gasteiger partial charge in [0.2, 0.25) is 11.8 Å². The molecule has 0 spiro atoms. The zero-order valence-corrected chi connectivity index (χ0v) is 16.8. The molecule has 0 saturated heterocycles. The highest BCUT2D eigenvalue weighted by Gasteiger charge is 2.32. The molecule has 2 aliphatic carbocycles. The van der Waals surface area contributed by atoms with E-state index in [1.165, 1.54) is 6.42 Å². The number of benzene rings is 1. The van der Waals surface area contributed by atoms with Crippen molar-refractivity contribution in [2.75, 3.05) is 11.9 Å². The lowest BCUT2D eigenvalue weighted by Gasteiger charge is -2.33. The summed E-state index contributed by atoms with van der Waals surface area (Å²) in [5.41, 5.74) is 2.95. The summed E-state index contributed by atoms with van der Waals surface area (Å²) >= 11 is 0. The topological polar surface area (TPSA) is 62.6 Å². The van der Waals surface area contributed by atoms with E-state index in [1.807, 2.05) is 29.2 Å². The first-order valence-electron chi connectivity index (χ1n) is 11.0. The lowest BCUT2D eigenvalue weighted by Crippen LogP contribution is -2.41. The molecule has 29 heavy (non-hydrogen) atoms. The molecular weight excluding hydrogens is 364 g/mol. The number of carbonyl (C=O) groups is 2. The Morgan fingerprint density at radius 1 is 0.966 bits per heavy atom. The van der Waals surface area contributed by atoms with Gasteiger partial charge in [0.1, 0.15) is 11.5 Å². The van der Waals surface area contributed by atoms with E-state index in [1.54, 1.807) is 0 Å². The molecule has 5 heteroatoms. The third-order valence-corrected chi connectivity index (χ3v) is 6.80. The number of amides is 2. The molecule has 1 aromatic carbocycles. The van der Waals surface area contributed by atoms with Crippen LogP contribution in [0.2, 0.25) is 0 Å². The average molecular weight is 392 g/mol. The Hall–Kier alpha value is -2.56. The van der Waals surface area contributed by atoms with Crippen molar-refractivity contribution >= 4 is 17.5 Å². The van der Waals surface area contributed by atoms with E-state index < -0.39 is 0 Å². The van der Waals surface area contributed by atoms with E-state index in [2.05, 4.69) is 11.4 Å². The van der Waals surface area contributed by atoms with E-state index in [9.17, 15) is 9.59 Å². The van der Waals surface area contributed by atoms with E-state index in [4.69, 9.17) is 4.42 Å². The number of anilines is 1. The van der Waals surface area contributed by atoms with Gasteiger partial charge in [-0.1, -0.05) is 19.3 Å². The molecule has 152 valence electrons. The van der Waals surface area contributed by atoms with Crippen LogP contribution in [-0.2, 0) is 22.6 Å². The number of hydrogen-bond donors (Lipinski definition) is 1. The third kappa shape index (κ3) is 3.70. The maximum absolute atomic E-state index is 12.5. The van der Waals surface area contributed by atoms with Crippen molar-refractivity contribution in [2.45, 2.75) is 57.9 Å². The van der Waals surface area contributed by atoms with Crippen molar-refractivity contribution in [1.29, 1.82) is 0 Å². The Morgan fingerprint density at radius 3 is 2.38 bits per heavy atom. The van der Waals surface area contributed by atoms with E-state index >= 15 is 0 Å². The first-order chi connectivity index (χ1) is 14.2. The summed E-state index contributed by atoms with van der Waals surface area (Å²) in [4.78, 5) is 26.8. The Bertz CT molecular complexity index is 905. The molecule has 1 aliphatic heterocycles. The second kappa shape index (κ2) is 7.69. The molecule has 2 saturated carbocycles. The molecular formula is C24H28N2O3. The summed E-state index contributed by atoms with van der Waals surface area (Å²) < 4.78 is 6.10. The van der Waals surface area contributed by atoms with Crippen LogP contribution in [0, 0.1) is 11.8 Å². The molecule has 0 bridgehead atoms. The largest absolute Gasteiger partial charge is 0.461 e. The van der Waals surface area contributed by atoms with Crippen LogP contribution in [0.5, 0.6) is 0 Å². The summed E-state index contributed by atoms with van der Waals surface area (Å²) in [7, 11) is 0. The predicted octanol–water partition coefficient (Wildman–Crippen LogP) is 4.76. The van der Waals surface area contributed by atoms with Crippen LogP contribution in [0.1, 0.15) is 56.3 Å². The zero-order chi connectivity index (χ0) is 19.8. The van der Waals surface area contributed by atoms with Crippen molar-refractivity contribution in [3.8, 4) is 11.3 Å². The maximum Gasteiger partial charge on any atom is 0.227 e. The Labute approximate surface area is 171 Å². The number of nitrogens with zero attached hydrogens (tertiary/aromatic N) is 1. The average Bonchev–Trinajstić information content (AvgIpc) is 3.36. The van der Waals surface area contributed by atoms with Gasteiger partial charge in [0, 0.05) is 48.2 Å². The minimum Gasteiger partial charge on any atom is -0.461 e. The van der Waals surface area contributed by atoms with Gasteiger partial charge < -0.3 is 14.6 Å². The van der Waals surface area contributed by atoms with Crippen molar-refractivity contribution in [3.05, 3.63) is 41.7 Å². The van der Waals surface area contributed by atoms with Gasteiger partial charge in [0.05, 0.1) is 0 Å². The third-order valence-electron chi connectivity index (χ3n) is 6.80. The summed E-state index contributed by atoms with van der Waals surface area (Å²) in [6, 6.07) is 9.94. The number of rotatable bonds is 4. The van der Waals surface area contributed by atoms with Gasteiger partial charge in [-0.2, -0.15) is 0 Å². The fourth-order valence-corrected chi connectivity index (χ4v) is 4.73. The highest BCUT2D eigenvalue weighted by molar-refractivity contribution is 5.92. The normalized spacial score (nSPS) is 19.7. The first-order valence-corrected chi connectivity index (χ1v) is 11.0. The lowest BCUT2D eigenvalue weighted by molar-refractivity contribution is -0.139. The van der Waals surface area contributed by atoms with E-state index in [-0.39, 0.29) is 17.7 Å². The van der Waals surface area contributed by atoms with Gasteiger partial charge in [-0.3, -0.25) is 9.59 Å². The Morgan fingerprint density at radius 2 is 1.69 bits per heavy atom. The second-order valence-corrected chi connectivity index (χ2v) is 8.74. The summed E-state index contributed by atoms with van der Waals surface area (Å²) in [5, 5.41) is 3.04. The maximum atomic E-state index is 12.5. The molecule has 2 amide bonds. The Kier molecular flexibility index (Phi) is 4.90. The standard InChI is InChI=1S/C24H28N2O3/c27-23(17-4-1-2-5-17)25-20-10-8-16(9-11-20)22-14-19-15-26(13-12-21(19)29-22)24(28)18-6-3-7-18/h8-11,14,17-18H,1-7,12-13,15H2,(H,25,27). The van der Waals surface area contributed by atoms with Gasteiger partial charge >= 0.3 is 0 Å². The molecule has 2 aromatic rings. The molecule has 0 atom stereocenters. The summed E-state index contributed by atoms with van der Waals surface area (Å²) in [5.74, 6) is 2.69. The molecule has 1 N–H and O–H groups in total. The monoisotopic (exact) mass is 392 g/mol. The fourth-order valence-electron chi connectivity index (χ4n) is 4.73. The highest BCUT2D eigenvalue weighted by atomic mass is 16.3. The van der Waals surface area contributed by atoms with Crippen LogP contribution in [-0.4, -0.2) is 23.3 Å². The highest BCUT2D eigenvalue weighted by Crippen LogP contribution is 2.33. The molecule has 3 aliphatic rings. The second-order valence-electron chi connectivity index (χ2n) is 8.74. The van der Waals surface area contributed by atoms with Crippen molar-refractivity contribution in [2.24, 2.45) is 11.8 Å². The van der Waals surface area contributed by atoms with Crippen molar-refractivity contribution in [3.63, 3.8) is 0 Å². The fraction of sp³-hybridized carbons (Fsp3) is 0.500. The molecule has 0 radical (unpaired) electrons. The van der Waals surface area contributed by atoms with Gasteiger partial charge in [-0.05, 0) is 56.0 Å². The molecule has 5 nitrogen and oxygen atoms in total. The molecule has 2 heterocycles. The van der Waals surface area contributed by atoms with Crippen LogP contribution < -0.4 is 5.32 Å². The molecule has 5 rings (SSSR count). The van der Waals surface area contributed by atoms with Crippen molar-refractivity contribution < 1.29 is 14.0 Å². The smallest absolute Gasteiger partial charge is 0.227 e. The zero-order valence-electron chi connectivity index (χ0n) is 16.8. The summed E-state index contributed by atoms with van der Waals surface area (Å²) in [6.45, 7) is 1.41. The Balaban J connectivity index is 1.25. The molecule has 2 fully saturated rings. The van der Waals surface area contributed by atoms with Crippen LogP contribution in [0.25, 0.3) is 11.3 Å². The first kappa shape index (κ1) is 18.5. The van der Waals surface area contributed by atoms with Crippen LogP contribution in [0.4, 0.5) is 5.69 Å². The number of hydrogen-bond acceptors (Lipinski definition) is 3. The van der Waals surface area contributed by atoms with Crippen LogP contribution >= 0.6 is 0 Å².